The van der Waals surface area contributed by atoms with E-state index in [9.17, 15) is 0 Å². The molecule has 0 fully saturated rings. The summed E-state index contributed by atoms with van der Waals surface area (Å²) in [5, 5.41) is 0.609. The zero-order valence-electron chi connectivity index (χ0n) is 7.11. The maximum atomic E-state index is 5.60. The molecule has 2 rings (SSSR count). The summed E-state index contributed by atoms with van der Waals surface area (Å²) in [6.07, 6.45) is 0. The van der Waals surface area contributed by atoms with E-state index in [0.717, 1.165) is 11.1 Å². The van der Waals surface area contributed by atoms with E-state index in [-0.39, 0.29) is 0 Å². The molecule has 74 valence electrons. The molecule has 0 aliphatic rings. The smallest absolute Gasteiger partial charge is 0.256 e. The van der Waals surface area contributed by atoms with Gasteiger partial charge in [0.05, 0.1) is 0 Å². The number of nitrogens with zero attached hydrogens (tertiary/aromatic N) is 1. The van der Waals surface area contributed by atoms with Crippen LogP contribution in [0.4, 0.5) is 0 Å². The normalized spacial score (nSPS) is 11.4. The Morgan fingerprint density at radius 2 is 2.14 bits per heavy atom. The molecular formula is C9H7Cl2NOS. The highest BCUT2D eigenvalue weighted by Crippen LogP contribution is 2.25. The number of thioether (sulfide) groups is 1. The van der Waals surface area contributed by atoms with Crippen LogP contribution in [-0.2, 0) is 0 Å². The first-order valence-corrected chi connectivity index (χ1v) is 5.88. The molecule has 0 atom stereocenters. The number of para-hydroxylation sites is 2. The Kier molecular flexibility index (Phi) is 3.21. The molecule has 0 radical (unpaired) electrons. The van der Waals surface area contributed by atoms with E-state index in [4.69, 9.17) is 27.6 Å². The molecule has 0 spiro atoms. The molecule has 14 heavy (non-hydrogen) atoms. The van der Waals surface area contributed by atoms with Crippen LogP contribution in [0.15, 0.2) is 33.9 Å². The summed E-state index contributed by atoms with van der Waals surface area (Å²) in [5.74, 6) is 0.579. The second kappa shape index (κ2) is 4.43. The van der Waals surface area contributed by atoms with Crippen molar-refractivity contribution in [3.05, 3.63) is 24.3 Å². The fourth-order valence-corrected chi connectivity index (χ4v) is 2.01. The Morgan fingerprint density at radius 3 is 2.86 bits per heavy atom. The highest BCUT2D eigenvalue weighted by molar-refractivity contribution is 7.99. The van der Waals surface area contributed by atoms with Crippen LogP contribution in [0.3, 0.4) is 0 Å². The first kappa shape index (κ1) is 10.1. The third-order valence-electron chi connectivity index (χ3n) is 1.61. The van der Waals surface area contributed by atoms with Crippen LogP contribution in [0.25, 0.3) is 11.1 Å². The molecule has 1 aromatic heterocycles. The molecule has 2 nitrogen and oxygen atoms in total. The van der Waals surface area contributed by atoms with Crippen LogP contribution in [-0.4, -0.2) is 15.6 Å². The van der Waals surface area contributed by atoms with Gasteiger partial charge in [0.25, 0.3) is 5.22 Å². The first-order valence-electron chi connectivity index (χ1n) is 4.02. The molecule has 2 aromatic rings. The SMILES string of the molecule is ClC(Cl)CSc1nc2ccccc2o1. The maximum Gasteiger partial charge on any atom is 0.256 e. The number of hydrogen-bond acceptors (Lipinski definition) is 3. The summed E-state index contributed by atoms with van der Waals surface area (Å²) < 4.78 is 5.45. The molecule has 0 N–H and O–H groups in total. The molecule has 0 bridgehead atoms. The van der Waals surface area contributed by atoms with E-state index in [1.165, 1.54) is 11.8 Å². The van der Waals surface area contributed by atoms with Crippen LogP contribution in [0.1, 0.15) is 0 Å². The molecule has 0 saturated carbocycles. The molecule has 0 amide bonds. The minimum atomic E-state index is -0.394. The van der Waals surface area contributed by atoms with Crippen molar-refractivity contribution < 1.29 is 4.42 Å². The van der Waals surface area contributed by atoms with Crippen molar-refractivity contribution in [2.75, 3.05) is 5.75 Å². The number of alkyl halides is 2. The Balaban J connectivity index is 2.19. The summed E-state index contributed by atoms with van der Waals surface area (Å²) in [4.78, 5) is 3.87. The maximum absolute atomic E-state index is 5.60. The van der Waals surface area contributed by atoms with Gasteiger partial charge in [0.15, 0.2) is 5.58 Å². The zero-order chi connectivity index (χ0) is 9.97. The third kappa shape index (κ3) is 2.35. The molecular weight excluding hydrogens is 241 g/mol. The molecule has 1 heterocycles. The third-order valence-corrected chi connectivity index (χ3v) is 3.20. The van der Waals surface area contributed by atoms with Gasteiger partial charge in [-0.2, -0.15) is 0 Å². The molecule has 0 unspecified atom stereocenters. The molecule has 0 aliphatic carbocycles. The van der Waals surface area contributed by atoms with Crippen molar-refractivity contribution in [3.63, 3.8) is 0 Å². The first-order chi connectivity index (χ1) is 6.75. The van der Waals surface area contributed by atoms with Crippen LogP contribution < -0.4 is 0 Å². The van der Waals surface area contributed by atoms with Gasteiger partial charge in [-0.25, -0.2) is 4.98 Å². The van der Waals surface area contributed by atoms with Crippen LogP contribution in [0.2, 0.25) is 0 Å². The molecule has 1 aromatic carbocycles. The van der Waals surface area contributed by atoms with Gasteiger partial charge in [0, 0.05) is 5.75 Å². The van der Waals surface area contributed by atoms with Crippen molar-refractivity contribution in [1.29, 1.82) is 0 Å². The van der Waals surface area contributed by atoms with Gasteiger partial charge in [0.2, 0.25) is 0 Å². The van der Waals surface area contributed by atoms with Gasteiger partial charge in [-0.05, 0) is 12.1 Å². The van der Waals surface area contributed by atoms with Crippen molar-refractivity contribution in [2.24, 2.45) is 0 Å². The molecule has 0 saturated heterocycles. The van der Waals surface area contributed by atoms with Gasteiger partial charge >= 0.3 is 0 Å². The fraction of sp³-hybridized carbons (Fsp3) is 0.222. The van der Waals surface area contributed by atoms with E-state index in [2.05, 4.69) is 4.98 Å². The van der Waals surface area contributed by atoms with E-state index in [1.807, 2.05) is 24.3 Å². The second-order valence-electron chi connectivity index (χ2n) is 2.65. The summed E-state index contributed by atoms with van der Waals surface area (Å²) in [5.41, 5.74) is 1.64. The number of halogens is 2. The van der Waals surface area contributed by atoms with Crippen molar-refractivity contribution in [2.45, 2.75) is 10.1 Å². The molecule has 5 heteroatoms. The highest BCUT2D eigenvalue weighted by atomic mass is 35.5. The van der Waals surface area contributed by atoms with E-state index >= 15 is 0 Å². The van der Waals surface area contributed by atoms with Gasteiger partial charge in [-0.15, -0.1) is 23.2 Å². The predicted octanol–water partition coefficient (Wildman–Crippen LogP) is 3.72. The predicted molar refractivity (Wildman–Crippen MR) is 60.2 cm³/mol. The number of benzene rings is 1. The number of hydrogen-bond donors (Lipinski definition) is 0. The lowest BCUT2D eigenvalue weighted by atomic mass is 10.3. The van der Waals surface area contributed by atoms with Crippen LogP contribution >= 0.6 is 35.0 Å². The van der Waals surface area contributed by atoms with E-state index < -0.39 is 4.84 Å². The van der Waals surface area contributed by atoms with E-state index in [1.54, 1.807) is 0 Å². The monoisotopic (exact) mass is 247 g/mol. The lowest BCUT2D eigenvalue weighted by Crippen LogP contribution is -1.89. The van der Waals surface area contributed by atoms with Gasteiger partial charge in [-0.3, -0.25) is 0 Å². The lowest BCUT2D eigenvalue weighted by Gasteiger charge is -1.94. The van der Waals surface area contributed by atoms with E-state index in [0.29, 0.717) is 11.0 Å². The number of oxazole rings is 1. The van der Waals surface area contributed by atoms with Gasteiger partial charge in [0.1, 0.15) is 10.4 Å². The number of aromatic nitrogens is 1. The minimum Gasteiger partial charge on any atom is -0.431 e. The summed E-state index contributed by atoms with van der Waals surface area (Å²) in [7, 11) is 0. The fourth-order valence-electron chi connectivity index (χ4n) is 1.05. The topological polar surface area (TPSA) is 26.0 Å². The Bertz CT molecular complexity index is 396. The zero-order valence-corrected chi connectivity index (χ0v) is 9.44. The Morgan fingerprint density at radius 1 is 1.36 bits per heavy atom. The quantitative estimate of drug-likeness (QED) is 0.611. The second-order valence-corrected chi connectivity index (χ2v) is 4.90. The van der Waals surface area contributed by atoms with Crippen LogP contribution in [0, 0.1) is 0 Å². The average molecular weight is 248 g/mol. The minimum absolute atomic E-state index is 0.394. The lowest BCUT2D eigenvalue weighted by molar-refractivity contribution is 0.489. The molecule has 0 aliphatic heterocycles. The number of fused-ring (bicyclic) bond motifs is 1. The summed E-state index contributed by atoms with van der Waals surface area (Å²) in [6, 6.07) is 7.62. The van der Waals surface area contributed by atoms with Crippen LogP contribution in [0.5, 0.6) is 0 Å². The van der Waals surface area contributed by atoms with Crippen molar-refractivity contribution in [3.8, 4) is 0 Å². The van der Waals surface area contributed by atoms with Crippen molar-refractivity contribution >= 4 is 46.1 Å². The Hall–Kier alpha value is -0.380. The summed E-state index contributed by atoms with van der Waals surface area (Å²) in [6.45, 7) is 0. The van der Waals surface area contributed by atoms with Crippen molar-refractivity contribution in [1.82, 2.24) is 4.98 Å². The van der Waals surface area contributed by atoms with Gasteiger partial charge in [-0.1, -0.05) is 23.9 Å². The summed E-state index contributed by atoms with van der Waals surface area (Å²) >= 11 is 12.6. The standard InChI is InChI=1S/C9H7Cl2NOS/c10-8(11)5-14-9-12-6-3-1-2-4-7(6)13-9/h1-4,8H,5H2. The number of rotatable bonds is 3. The highest BCUT2D eigenvalue weighted by Gasteiger charge is 2.07. The Labute approximate surface area is 95.6 Å². The van der Waals surface area contributed by atoms with Gasteiger partial charge < -0.3 is 4.42 Å². The average Bonchev–Trinajstić information content (AvgIpc) is 2.57. The largest absolute Gasteiger partial charge is 0.431 e.